The number of hydrogen-bond donors (Lipinski definition) is 0. The number of halogens is 1. The summed E-state index contributed by atoms with van der Waals surface area (Å²) >= 11 is 0. The van der Waals surface area contributed by atoms with Crippen molar-refractivity contribution in [1.82, 2.24) is 14.5 Å². The monoisotopic (exact) mass is 1070 g/mol. The minimum Gasteiger partial charge on any atom is -0.501 e. The Morgan fingerprint density at radius 2 is 1.35 bits per heavy atom. The van der Waals surface area contributed by atoms with Gasteiger partial charge in [0.25, 0.3) is 0 Å². The van der Waals surface area contributed by atoms with E-state index in [0.29, 0.717) is 5.56 Å². The molecule has 0 atom stereocenters. The standard InChI is InChI=1S/C44H34N3O.C17H17FN.Ir/c1-27(2)37-23-33(30-13-6-5-7-14-30)24-38(28(3)4)42(37)47-40-19-9-8-18-39(40)46-44(47)36-17-11-16-35-34-21-20-32(25-41(34)48-43(35)36)31-15-10-12-29(22-31)26-45;1-16(2)13-6-5-9-19-15(13)12-8-7-11(18)10-14(12)17(16,3)4;/h5-16,18-25,27-28H,1-4H3;5-7,9-10H,1-4H3;/q2*-1;. The van der Waals surface area contributed by atoms with Gasteiger partial charge in [-0.15, -0.1) is 47.5 Å². The first-order chi connectivity index (χ1) is 32.3. The van der Waals surface area contributed by atoms with Gasteiger partial charge in [-0.05, 0) is 110 Å². The van der Waals surface area contributed by atoms with Gasteiger partial charge in [-0.1, -0.05) is 145 Å². The molecule has 0 unspecified atom stereocenters. The molecule has 3 heterocycles. The van der Waals surface area contributed by atoms with E-state index in [4.69, 9.17) is 9.40 Å². The van der Waals surface area contributed by atoms with Crippen molar-refractivity contribution in [2.75, 3.05) is 0 Å². The largest absolute Gasteiger partial charge is 0.501 e. The smallest absolute Gasteiger partial charge is 0.121 e. The molecule has 0 amide bonds. The van der Waals surface area contributed by atoms with Gasteiger partial charge in [-0.3, -0.25) is 9.37 Å². The number of rotatable bonds is 6. The minimum absolute atomic E-state index is 0. The number of aromatic nitrogens is 3. The molecule has 5 nitrogen and oxygen atoms in total. The predicted molar refractivity (Wildman–Crippen MR) is 271 cm³/mol. The Bertz CT molecular complexity index is 3540. The molecule has 3 aromatic heterocycles. The zero-order chi connectivity index (χ0) is 46.8. The topological polar surface area (TPSA) is 67.6 Å². The fourth-order valence-corrected chi connectivity index (χ4v) is 9.83. The third kappa shape index (κ3) is 7.76. The maximum atomic E-state index is 13.6. The summed E-state index contributed by atoms with van der Waals surface area (Å²) in [7, 11) is 0. The number of pyridine rings is 1. The van der Waals surface area contributed by atoms with E-state index in [1.54, 1.807) is 12.3 Å². The quantitative estimate of drug-likeness (QED) is 0.156. The molecule has 0 aliphatic heterocycles. The molecule has 68 heavy (non-hydrogen) atoms. The Balaban J connectivity index is 0.000000242. The third-order valence-electron chi connectivity index (χ3n) is 14.1. The average molecular weight is 1070 g/mol. The van der Waals surface area contributed by atoms with Crippen LogP contribution in [0.1, 0.15) is 95.0 Å². The van der Waals surface area contributed by atoms with Crippen LogP contribution in [-0.4, -0.2) is 14.5 Å². The predicted octanol–water partition coefficient (Wildman–Crippen LogP) is 16.1. The van der Waals surface area contributed by atoms with Crippen LogP contribution in [0.15, 0.2) is 156 Å². The van der Waals surface area contributed by atoms with Crippen LogP contribution in [0.2, 0.25) is 0 Å². The number of furan rings is 1. The van der Waals surface area contributed by atoms with Crippen LogP contribution < -0.4 is 0 Å². The maximum absolute atomic E-state index is 13.6. The van der Waals surface area contributed by atoms with Crippen molar-refractivity contribution in [3.8, 4) is 56.7 Å². The van der Waals surface area contributed by atoms with Gasteiger partial charge in [0.1, 0.15) is 5.58 Å². The van der Waals surface area contributed by atoms with Crippen LogP contribution in [0, 0.1) is 29.3 Å². The number of benzene rings is 7. The first-order valence-corrected chi connectivity index (χ1v) is 23.0. The molecular weight excluding hydrogens is 1020 g/mol. The second kappa shape index (κ2) is 17.9. The van der Waals surface area contributed by atoms with E-state index in [0.717, 1.165) is 72.3 Å². The van der Waals surface area contributed by atoms with Gasteiger partial charge in [0, 0.05) is 43.2 Å². The molecule has 339 valence electrons. The van der Waals surface area contributed by atoms with Crippen LogP contribution in [0.5, 0.6) is 0 Å². The van der Waals surface area contributed by atoms with Crippen molar-refractivity contribution < 1.29 is 28.9 Å². The molecule has 0 fully saturated rings. The second-order valence-electron chi connectivity index (χ2n) is 19.3. The summed E-state index contributed by atoms with van der Waals surface area (Å²) in [5.41, 5.74) is 16.9. The van der Waals surface area contributed by atoms with Crippen molar-refractivity contribution >= 4 is 33.0 Å². The van der Waals surface area contributed by atoms with Gasteiger partial charge in [0.15, 0.2) is 0 Å². The summed E-state index contributed by atoms with van der Waals surface area (Å²) in [5.74, 6) is 1.10. The van der Waals surface area contributed by atoms with Crippen molar-refractivity contribution in [2.45, 2.75) is 78.1 Å². The Morgan fingerprint density at radius 1 is 0.662 bits per heavy atom. The van der Waals surface area contributed by atoms with Gasteiger partial charge in [-0.2, -0.15) is 5.26 Å². The molecule has 0 saturated carbocycles. The van der Waals surface area contributed by atoms with Crippen LogP contribution in [0.25, 0.3) is 83.6 Å². The third-order valence-corrected chi connectivity index (χ3v) is 14.1. The first kappa shape index (κ1) is 46.2. The SMILES string of the molecule is CC(C)c1cc(-c2ccccc2)cc(C(C)C)c1-n1c(-c2[c-]ccc3c2oc2cc(-c4cccc(C#N)c4)ccc23)nc2ccccc21.CC1(C)c2cc(F)c[c-]c2-c2ncccc2C1(C)C.[Ir]. The van der Waals surface area contributed by atoms with Crippen molar-refractivity contribution in [3.05, 3.63) is 198 Å². The summed E-state index contributed by atoms with van der Waals surface area (Å²) in [6, 6.07) is 57.7. The minimum atomic E-state index is -0.234. The van der Waals surface area contributed by atoms with E-state index in [-0.39, 0.29) is 48.6 Å². The normalized spacial score (nSPS) is 13.4. The van der Waals surface area contributed by atoms with E-state index >= 15 is 0 Å². The molecule has 0 N–H and O–H groups in total. The molecule has 0 bridgehead atoms. The Labute approximate surface area is 411 Å². The zero-order valence-corrected chi connectivity index (χ0v) is 41.9. The van der Waals surface area contributed by atoms with Crippen molar-refractivity contribution in [2.24, 2.45) is 0 Å². The molecule has 1 aliphatic rings. The Hall–Kier alpha value is -6.97. The van der Waals surface area contributed by atoms with Gasteiger partial charge in [-0.25, -0.2) is 0 Å². The van der Waals surface area contributed by atoms with Gasteiger partial charge in [0.2, 0.25) is 0 Å². The fraction of sp³-hybridized carbons (Fsp3) is 0.197. The van der Waals surface area contributed by atoms with Gasteiger partial charge >= 0.3 is 0 Å². The van der Waals surface area contributed by atoms with Crippen LogP contribution in [0.3, 0.4) is 0 Å². The summed E-state index contributed by atoms with van der Waals surface area (Å²) in [6.07, 6.45) is 1.79. The van der Waals surface area contributed by atoms with Crippen LogP contribution in [0.4, 0.5) is 4.39 Å². The number of hydrogen-bond acceptors (Lipinski definition) is 4. The van der Waals surface area contributed by atoms with Gasteiger partial charge in [0.05, 0.1) is 34.1 Å². The second-order valence-corrected chi connectivity index (χ2v) is 19.3. The fourth-order valence-electron chi connectivity index (χ4n) is 9.83. The first-order valence-electron chi connectivity index (χ1n) is 23.0. The molecule has 10 aromatic rings. The Kier molecular flexibility index (Phi) is 12.2. The average Bonchev–Trinajstić information content (AvgIpc) is 3.92. The van der Waals surface area contributed by atoms with E-state index in [9.17, 15) is 9.65 Å². The summed E-state index contributed by atoms with van der Waals surface area (Å²) in [4.78, 5) is 9.78. The van der Waals surface area contributed by atoms with Crippen LogP contribution >= 0.6 is 0 Å². The number of fused-ring (bicyclic) bond motifs is 7. The molecule has 7 aromatic carbocycles. The van der Waals surface area contributed by atoms with Crippen LogP contribution in [-0.2, 0) is 30.9 Å². The summed E-state index contributed by atoms with van der Waals surface area (Å²) in [6.45, 7) is 17.8. The maximum Gasteiger partial charge on any atom is 0.121 e. The molecular formula is C61H51FIrN4O-2. The van der Waals surface area contributed by atoms with E-state index in [2.05, 4.69) is 174 Å². The van der Waals surface area contributed by atoms with Gasteiger partial charge < -0.3 is 14.0 Å². The molecule has 0 saturated heterocycles. The molecule has 0 spiro atoms. The molecule has 1 radical (unpaired) electrons. The van der Waals surface area contributed by atoms with E-state index < -0.39 is 0 Å². The molecule has 11 rings (SSSR count). The number of imidazole rings is 1. The number of para-hydroxylation sites is 2. The number of nitrogens with zero attached hydrogens (tertiary/aromatic N) is 4. The molecule has 7 heteroatoms. The van der Waals surface area contributed by atoms with E-state index in [1.165, 1.54) is 39.6 Å². The molecule has 1 aliphatic carbocycles. The van der Waals surface area contributed by atoms with Crippen molar-refractivity contribution in [1.29, 1.82) is 5.26 Å². The zero-order valence-electron chi connectivity index (χ0n) is 39.5. The number of nitriles is 1. The summed E-state index contributed by atoms with van der Waals surface area (Å²) < 4.78 is 22.7. The van der Waals surface area contributed by atoms with Crippen molar-refractivity contribution in [3.63, 3.8) is 0 Å². The Morgan fingerprint density at radius 3 is 2.09 bits per heavy atom. The van der Waals surface area contributed by atoms with E-state index in [1.807, 2.05) is 42.5 Å². The summed E-state index contributed by atoms with van der Waals surface area (Å²) in [5, 5.41) is 11.5.